The van der Waals surface area contributed by atoms with E-state index in [4.69, 9.17) is 4.98 Å². The number of aromatic nitrogens is 1. The Morgan fingerprint density at radius 3 is 2.79 bits per heavy atom. The van der Waals surface area contributed by atoms with E-state index < -0.39 is 0 Å². The molecule has 3 heteroatoms. The van der Waals surface area contributed by atoms with E-state index in [1.165, 1.54) is 42.4 Å². The summed E-state index contributed by atoms with van der Waals surface area (Å²) in [6.45, 7) is 6.62. The van der Waals surface area contributed by atoms with E-state index in [0.717, 1.165) is 10.6 Å². The summed E-state index contributed by atoms with van der Waals surface area (Å²) in [5, 5.41) is 4.71. The van der Waals surface area contributed by atoms with Gasteiger partial charge in [-0.15, -0.1) is 0 Å². The van der Waals surface area contributed by atoms with Gasteiger partial charge in [0.2, 0.25) is 0 Å². The monoisotopic (exact) mass is 276 g/mol. The van der Waals surface area contributed by atoms with Crippen molar-refractivity contribution in [2.24, 2.45) is 0 Å². The van der Waals surface area contributed by atoms with Gasteiger partial charge in [0, 0.05) is 6.04 Å². The molecule has 1 unspecified atom stereocenters. The van der Waals surface area contributed by atoms with E-state index in [-0.39, 0.29) is 0 Å². The van der Waals surface area contributed by atoms with Gasteiger partial charge in [-0.1, -0.05) is 50.5 Å². The molecule has 1 aromatic heterocycles. The van der Waals surface area contributed by atoms with Crippen molar-refractivity contribution in [1.29, 1.82) is 0 Å². The largest absolute Gasteiger partial charge is 0.359 e. The van der Waals surface area contributed by atoms with Gasteiger partial charge in [-0.2, -0.15) is 0 Å². The van der Waals surface area contributed by atoms with Gasteiger partial charge < -0.3 is 5.32 Å². The summed E-state index contributed by atoms with van der Waals surface area (Å²) in [6, 6.07) is 7.07. The second-order valence-corrected chi connectivity index (χ2v) is 6.29. The Kier molecular flexibility index (Phi) is 5.20. The van der Waals surface area contributed by atoms with E-state index in [0.29, 0.717) is 6.04 Å². The Balaban J connectivity index is 2.09. The highest BCUT2D eigenvalue weighted by molar-refractivity contribution is 7.22. The van der Waals surface area contributed by atoms with Crippen LogP contribution in [-0.4, -0.2) is 11.0 Å². The average molecular weight is 276 g/mol. The van der Waals surface area contributed by atoms with Crippen LogP contribution in [0.2, 0.25) is 0 Å². The minimum absolute atomic E-state index is 0.576. The molecule has 2 aromatic rings. The van der Waals surface area contributed by atoms with Crippen molar-refractivity contribution in [3.05, 3.63) is 23.8 Å². The SMILES string of the molecule is CCCCC(CCC)Nc1nc2cc(C)ccc2s1. The Hall–Kier alpha value is -1.09. The molecule has 0 amide bonds. The van der Waals surface area contributed by atoms with E-state index in [1.54, 1.807) is 11.3 Å². The molecule has 0 saturated carbocycles. The quantitative estimate of drug-likeness (QED) is 0.734. The van der Waals surface area contributed by atoms with Crippen LogP contribution in [0.25, 0.3) is 10.2 Å². The van der Waals surface area contributed by atoms with Crippen LogP contribution in [0.4, 0.5) is 5.13 Å². The second-order valence-electron chi connectivity index (χ2n) is 5.26. The molecule has 0 saturated heterocycles. The molecule has 2 rings (SSSR count). The van der Waals surface area contributed by atoms with Crippen molar-refractivity contribution in [2.45, 2.75) is 58.9 Å². The predicted molar refractivity (Wildman–Crippen MR) is 86.2 cm³/mol. The van der Waals surface area contributed by atoms with E-state index in [2.05, 4.69) is 44.3 Å². The fraction of sp³-hybridized carbons (Fsp3) is 0.562. The number of anilines is 1. The highest BCUT2D eigenvalue weighted by Crippen LogP contribution is 2.28. The molecule has 0 aliphatic carbocycles. The molecule has 0 aliphatic heterocycles. The number of hydrogen-bond donors (Lipinski definition) is 1. The normalized spacial score (nSPS) is 12.8. The van der Waals surface area contributed by atoms with E-state index in [9.17, 15) is 0 Å². The number of unbranched alkanes of at least 4 members (excludes halogenated alkanes) is 1. The smallest absolute Gasteiger partial charge is 0.184 e. The minimum Gasteiger partial charge on any atom is -0.359 e. The van der Waals surface area contributed by atoms with Gasteiger partial charge in [0.05, 0.1) is 10.2 Å². The van der Waals surface area contributed by atoms with E-state index >= 15 is 0 Å². The molecule has 1 atom stereocenters. The molecule has 0 aliphatic rings. The number of benzene rings is 1. The molecule has 19 heavy (non-hydrogen) atoms. The predicted octanol–water partition coefficient (Wildman–Crippen LogP) is 5.38. The van der Waals surface area contributed by atoms with Gasteiger partial charge in [-0.3, -0.25) is 0 Å². The molecule has 0 fully saturated rings. The lowest BCUT2D eigenvalue weighted by Crippen LogP contribution is -2.18. The van der Waals surface area contributed by atoms with Crippen LogP contribution < -0.4 is 5.32 Å². The summed E-state index contributed by atoms with van der Waals surface area (Å²) in [7, 11) is 0. The van der Waals surface area contributed by atoms with E-state index in [1.807, 2.05) is 0 Å². The number of rotatable bonds is 7. The zero-order chi connectivity index (χ0) is 13.7. The summed E-state index contributed by atoms with van der Waals surface area (Å²) < 4.78 is 1.28. The van der Waals surface area contributed by atoms with Crippen molar-refractivity contribution >= 4 is 26.7 Å². The van der Waals surface area contributed by atoms with Gasteiger partial charge >= 0.3 is 0 Å². The summed E-state index contributed by atoms with van der Waals surface area (Å²) in [6.07, 6.45) is 6.27. The maximum atomic E-state index is 4.71. The number of nitrogens with one attached hydrogen (secondary N) is 1. The third kappa shape index (κ3) is 3.93. The first-order chi connectivity index (χ1) is 9.22. The highest BCUT2D eigenvalue weighted by Gasteiger charge is 2.10. The molecule has 0 radical (unpaired) electrons. The minimum atomic E-state index is 0.576. The van der Waals surface area contributed by atoms with Crippen LogP contribution in [0.5, 0.6) is 0 Å². The van der Waals surface area contributed by atoms with Crippen LogP contribution >= 0.6 is 11.3 Å². The molecule has 1 aromatic carbocycles. The fourth-order valence-corrected chi connectivity index (χ4v) is 3.28. The number of hydrogen-bond acceptors (Lipinski definition) is 3. The lowest BCUT2D eigenvalue weighted by molar-refractivity contribution is 0.564. The highest BCUT2D eigenvalue weighted by atomic mass is 32.1. The third-order valence-corrected chi connectivity index (χ3v) is 4.38. The van der Waals surface area contributed by atoms with Gasteiger partial charge in [0.1, 0.15) is 0 Å². The van der Waals surface area contributed by atoms with Crippen LogP contribution in [0, 0.1) is 6.92 Å². The van der Waals surface area contributed by atoms with Crippen LogP contribution in [-0.2, 0) is 0 Å². The molecule has 1 heterocycles. The van der Waals surface area contributed by atoms with Gasteiger partial charge in [0.15, 0.2) is 5.13 Å². The maximum absolute atomic E-state index is 4.71. The number of aryl methyl sites for hydroxylation is 1. The number of thiazole rings is 1. The second kappa shape index (κ2) is 6.90. The van der Waals surface area contributed by atoms with Crippen LogP contribution in [0.15, 0.2) is 18.2 Å². The summed E-state index contributed by atoms with van der Waals surface area (Å²) >= 11 is 1.77. The fourth-order valence-electron chi connectivity index (χ4n) is 2.36. The van der Waals surface area contributed by atoms with Crippen molar-refractivity contribution in [3.8, 4) is 0 Å². The lowest BCUT2D eigenvalue weighted by Gasteiger charge is -2.16. The van der Waals surface area contributed by atoms with Gasteiger partial charge in [0.25, 0.3) is 0 Å². The first kappa shape index (κ1) is 14.3. The zero-order valence-corrected chi connectivity index (χ0v) is 13.0. The van der Waals surface area contributed by atoms with Crippen molar-refractivity contribution in [1.82, 2.24) is 4.98 Å². The molecule has 0 spiro atoms. The standard InChI is InChI=1S/C16H24N2S/c1-4-6-8-13(7-5-2)17-16-18-14-11-12(3)9-10-15(14)19-16/h9-11,13H,4-8H2,1-3H3,(H,17,18). The topological polar surface area (TPSA) is 24.9 Å². The van der Waals surface area contributed by atoms with Crippen LogP contribution in [0.1, 0.15) is 51.5 Å². The first-order valence-electron chi connectivity index (χ1n) is 7.36. The number of fused-ring (bicyclic) bond motifs is 1. The van der Waals surface area contributed by atoms with Crippen LogP contribution in [0.3, 0.4) is 0 Å². The molecular weight excluding hydrogens is 252 g/mol. The Morgan fingerprint density at radius 1 is 1.21 bits per heavy atom. The van der Waals surface area contributed by atoms with Gasteiger partial charge in [-0.25, -0.2) is 4.98 Å². The molecule has 104 valence electrons. The molecule has 1 N–H and O–H groups in total. The average Bonchev–Trinajstić information content (AvgIpc) is 2.77. The molecule has 2 nitrogen and oxygen atoms in total. The Bertz CT molecular complexity index is 518. The Labute approximate surface area is 120 Å². The maximum Gasteiger partial charge on any atom is 0.184 e. The summed E-state index contributed by atoms with van der Waals surface area (Å²) in [4.78, 5) is 4.71. The number of nitrogens with zero attached hydrogens (tertiary/aromatic N) is 1. The molecular formula is C16H24N2S. The van der Waals surface area contributed by atoms with Crippen molar-refractivity contribution < 1.29 is 0 Å². The Morgan fingerprint density at radius 2 is 2.05 bits per heavy atom. The summed E-state index contributed by atoms with van der Waals surface area (Å²) in [5.41, 5.74) is 2.40. The zero-order valence-electron chi connectivity index (χ0n) is 12.2. The van der Waals surface area contributed by atoms with Gasteiger partial charge in [-0.05, 0) is 37.5 Å². The summed E-state index contributed by atoms with van der Waals surface area (Å²) in [5.74, 6) is 0. The van der Waals surface area contributed by atoms with Crippen molar-refractivity contribution in [2.75, 3.05) is 5.32 Å². The van der Waals surface area contributed by atoms with Crippen molar-refractivity contribution in [3.63, 3.8) is 0 Å². The third-order valence-electron chi connectivity index (χ3n) is 3.41. The lowest BCUT2D eigenvalue weighted by atomic mass is 10.1. The first-order valence-corrected chi connectivity index (χ1v) is 8.18. The molecule has 0 bridgehead atoms.